The molecule has 226 valence electrons. The summed E-state index contributed by atoms with van der Waals surface area (Å²) in [5, 5.41) is 10.1. The number of aryl methyl sites for hydroxylation is 1. The van der Waals surface area contributed by atoms with Gasteiger partial charge in [-0.15, -0.1) is 0 Å². The second kappa shape index (κ2) is 13.0. The van der Waals surface area contributed by atoms with Gasteiger partial charge in [0.25, 0.3) is 5.91 Å². The Labute approximate surface area is 246 Å². The molecule has 10 heteroatoms. The molecule has 2 aromatic carbocycles. The molecule has 1 amide bonds. The van der Waals surface area contributed by atoms with Gasteiger partial charge >= 0.3 is 11.9 Å². The average molecular weight is 580 g/mol. The number of nitrogens with two attached hydrogens (primary N) is 1. The summed E-state index contributed by atoms with van der Waals surface area (Å²) in [5.74, 6) is -1.25. The number of esters is 1. The second-order valence-corrected chi connectivity index (χ2v) is 11.8. The van der Waals surface area contributed by atoms with Crippen LogP contribution in [0.2, 0.25) is 0 Å². The number of ether oxygens (including phenoxy) is 3. The summed E-state index contributed by atoms with van der Waals surface area (Å²) >= 11 is 0. The number of amides is 1. The number of likely N-dealkylation sites (tertiary alicyclic amines) is 1. The predicted molar refractivity (Wildman–Crippen MR) is 159 cm³/mol. The third-order valence-corrected chi connectivity index (χ3v) is 7.49. The number of para-hydroxylation sites is 1. The monoisotopic (exact) mass is 579 g/mol. The van der Waals surface area contributed by atoms with Crippen LogP contribution in [0.3, 0.4) is 0 Å². The van der Waals surface area contributed by atoms with E-state index in [1.807, 2.05) is 36.2 Å². The van der Waals surface area contributed by atoms with Crippen LogP contribution < -0.4 is 10.5 Å². The van der Waals surface area contributed by atoms with Crippen molar-refractivity contribution in [1.82, 2.24) is 9.47 Å². The summed E-state index contributed by atoms with van der Waals surface area (Å²) in [5.41, 5.74) is 9.70. The van der Waals surface area contributed by atoms with Gasteiger partial charge in [-0.1, -0.05) is 24.3 Å². The quantitative estimate of drug-likeness (QED) is 0.337. The Morgan fingerprint density at radius 2 is 1.83 bits per heavy atom. The smallest absolute Gasteiger partial charge is 0.341 e. The van der Waals surface area contributed by atoms with Gasteiger partial charge in [0.1, 0.15) is 17.4 Å². The van der Waals surface area contributed by atoms with E-state index in [1.165, 1.54) is 0 Å². The van der Waals surface area contributed by atoms with Crippen molar-refractivity contribution >= 4 is 28.7 Å². The fourth-order valence-electron chi connectivity index (χ4n) is 5.50. The van der Waals surface area contributed by atoms with E-state index in [-0.39, 0.29) is 11.8 Å². The first-order valence-corrected chi connectivity index (χ1v) is 14.2. The molecule has 1 unspecified atom stereocenters. The van der Waals surface area contributed by atoms with E-state index in [0.717, 1.165) is 22.0 Å². The highest BCUT2D eigenvalue weighted by atomic mass is 16.6. The maximum absolute atomic E-state index is 13.8. The summed E-state index contributed by atoms with van der Waals surface area (Å²) in [6, 6.07) is 10.1. The van der Waals surface area contributed by atoms with Crippen LogP contribution in [-0.4, -0.2) is 71.4 Å². The standard InChI is InChI=1S/C32H41N3O7/c1-20-7-6-8-23-25(18-35(29(20)23)15-16-40-5)30(38)34-13-11-21(12-14-34)24-17-22(9-10-26(24)41-19-27(36)37)28(33)31(39)42-32(2,3)4/h6-10,17-18,21,28H,11-16,19,33H2,1-5H3,(H,36,37). The number of carboxylic acid groups (broad SMARTS) is 1. The summed E-state index contributed by atoms with van der Waals surface area (Å²) in [6.45, 7) is 9.10. The van der Waals surface area contributed by atoms with Gasteiger partial charge in [0.05, 0.1) is 17.7 Å². The number of rotatable bonds is 10. The number of piperidine rings is 1. The number of methoxy groups -OCH3 is 1. The zero-order valence-electron chi connectivity index (χ0n) is 25.0. The van der Waals surface area contributed by atoms with Gasteiger partial charge in [0.15, 0.2) is 6.61 Å². The maximum Gasteiger partial charge on any atom is 0.341 e. The van der Waals surface area contributed by atoms with E-state index in [4.69, 9.17) is 19.9 Å². The highest BCUT2D eigenvalue weighted by Crippen LogP contribution is 2.37. The number of carbonyl (C=O) groups is 3. The van der Waals surface area contributed by atoms with E-state index >= 15 is 0 Å². The third kappa shape index (κ3) is 7.11. The highest BCUT2D eigenvalue weighted by Gasteiger charge is 2.30. The van der Waals surface area contributed by atoms with Crippen molar-refractivity contribution in [3.05, 3.63) is 64.8 Å². The van der Waals surface area contributed by atoms with Crippen LogP contribution in [0.5, 0.6) is 5.75 Å². The number of carbonyl (C=O) groups excluding carboxylic acids is 2. The zero-order chi connectivity index (χ0) is 30.6. The fourth-order valence-corrected chi connectivity index (χ4v) is 5.50. The van der Waals surface area contributed by atoms with Crippen LogP contribution in [0.25, 0.3) is 10.9 Å². The topological polar surface area (TPSA) is 133 Å². The normalized spacial score (nSPS) is 15.0. The number of aliphatic carboxylic acids is 1. The van der Waals surface area contributed by atoms with E-state index in [9.17, 15) is 19.5 Å². The fraction of sp³-hybridized carbons (Fsp3) is 0.469. The number of carboxylic acids is 1. The molecule has 1 saturated heterocycles. The van der Waals surface area contributed by atoms with Crippen LogP contribution in [0.1, 0.15) is 72.6 Å². The molecule has 0 radical (unpaired) electrons. The van der Waals surface area contributed by atoms with Crippen molar-refractivity contribution in [3.63, 3.8) is 0 Å². The van der Waals surface area contributed by atoms with Crippen molar-refractivity contribution in [2.45, 2.75) is 64.6 Å². The molecular weight excluding hydrogens is 538 g/mol. The molecule has 1 aromatic heterocycles. The first-order chi connectivity index (χ1) is 19.9. The maximum atomic E-state index is 13.8. The lowest BCUT2D eigenvalue weighted by Gasteiger charge is -2.33. The Hall–Kier alpha value is -3.89. The minimum absolute atomic E-state index is 0.0195. The Balaban J connectivity index is 1.55. The number of hydrogen-bond donors (Lipinski definition) is 2. The van der Waals surface area contributed by atoms with Crippen molar-refractivity contribution < 1.29 is 33.7 Å². The number of nitrogens with zero attached hydrogens (tertiary/aromatic N) is 2. The molecule has 3 aromatic rings. The molecule has 0 spiro atoms. The molecule has 42 heavy (non-hydrogen) atoms. The van der Waals surface area contributed by atoms with Crippen LogP contribution in [0.15, 0.2) is 42.6 Å². The lowest BCUT2D eigenvalue weighted by atomic mass is 9.87. The first kappa shape index (κ1) is 31.1. The SMILES string of the molecule is COCCn1cc(C(=O)N2CCC(c3cc(C(N)C(=O)OC(C)(C)C)ccc3OCC(=O)O)CC2)c2cccc(C)c21. The van der Waals surface area contributed by atoms with Crippen molar-refractivity contribution in [1.29, 1.82) is 0 Å². The van der Waals surface area contributed by atoms with Crippen LogP contribution in [-0.2, 0) is 25.6 Å². The summed E-state index contributed by atoms with van der Waals surface area (Å²) in [4.78, 5) is 39.5. The predicted octanol–water partition coefficient (Wildman–Crippen LogP) is 4.42. The molecule has 1 aliphatic rings. The highest BCUT2D eigenvalue weighted by molar-refractivity contribution is 6.07. The van der Waals surface area contributed by atoms with Crippen LogP contribution in [0.4, 0.5) is 0 Å². The molecule has 1 atom stereocenters. The average Bonchev–Trinajstić information content (AvgIpc) is 3.33. The number of benzene rings is 2. The Kier molecular flexibility index (Phi) is 9.58. The van der Waals surface area contributed by atoms with Crippen molar-refractivity contribution in [3.8, 4) is 5.75 Å². The minimum atomic E-state index is -1.09. The molecular formula is C32H41N3O7. The molecule has 3 N–H and O–H groups in total. The molecule has 2 heterocycles. The van der Waals surface area contributed by atoms with Crippen LogP contribution >= 0.6 is 0 Å². The van der Waals surface area contributed by atoms with E-state index < -0.39 is 30.2 Å². The van der Waals surface area contributed by atoms with Crippen molar-refractivity contribution in [2.75, 3.05) is 33.4 Å². The zero-order valence-corrected chi connectivity index (χ0v) is 25.0. The van der Waals surface area contributed by atoms with E-state index in [1.54, 1.807) is 46.1 Å². The van der Waals surface area contributed by atoms with E-state index in [2.05, 4.69) is 4.57 Å². The van der Waals surface area contributed by atoms with Gasteiger partial charge in [-0.2, -0.15) is 0 Å². The van der Waals surface area contributed by atoms with Gasteiger partial charge in [-0.05, 0) is 75.3 Å². The van der Waals surface area contributed by atoms with Crippen molar-refractivity contribution in [2.24, 2.45) is 5.73 Å². The molecule has 0 saturated carbocycles. The summed E-state index contributed by atoms with van der Waals surface area (Å²) < 4.78 is 18.4. The minimum Gasteiger partial charge on any atom is -0.482 e. The lowest BCUT2D eigenvalue weighted by Crippen LogP contribution is -2.38. The molecule has 0 aliphatic carbocycles. The van der Waals surface area contributed by atoms with Gasteiger partial charge in [-0.3, -0.25) is 4.79 Å². The Morgan fingerprint density at radius 1 is 1.12 bits per heavy atom. The van der Waals surface area contributed by atoms with Gasteiger partial charge in [0, 0.05) is 38.3 Å². The number of fused-ring (bicyclic) bond motifs is 1. The largest absolute Gasteiger partial charge is 0.482 e. The van der Waals surface area contributed by atoms with E-state index in [0.29, 0.717) is 56.0 Å². The number of aromatic nitrogens is 1. The Morgan fingerprint density at radius 3 is 2.48 bits per heavy atom. The Bertz CT molecular complexity index is 1450. The second-order valence-electron chi connectivity index (χ2n) is 11.8. The molecule has 0 bridgehead atoms. The summed E-state index contributed by atoms with van der Waals surface area (Å²) in [6.07, 6.45) is 3.20. The van der Waals surface area contributed by atoms with Gasteiger partial charge in [-0.25, -0.2) is 9.59 Å². The first-order valence-electron chi connectivity index (χ1n) is 14.2. The third-order valence-electron chi connectivity index (χ3n) is 7.49. The molecule has 4 rings (SSSR count). The molecule has 1 fully saturated rings. The number of hydrogen-bond acceptors (Lipinski definition) is 7. The van der Waals surface area contributed by atoms with Gasteiger partial charge < -0.3 is 34.5 Å². The van der Waals surface area contributed by atoms with Crippen LogP contribution in [0, 0.1) is 6.92 Å². The summed E-state index contributed by atoms with van der Waals surface area (Å²) in [7, 11) is 1.66. The lowest BCUT2D eigenvalue weighted by molar-refractivity contribution is -0.156. The molecule has 1 aliphatic heterocycles. The molecule has 10 nitrogen and oxygen atoms in total. The van der Waals surface area contributed by atoms with Gasteiger partial charge in [0.2, 0.25) is 0 Å².